The summed E-state index contributed by atoms with van der Waals surface area (Å²) >= 11 is 0. The number of nitrogens with zero attached hydrogens (tertiary/aromatic N) is 2. The third-order valence-corrected chi connectivity index (χ3v) is 7.35. The van der Waals surface area contributed by atoms with Gasteiger partial charge in [0, 0.05) is 38.8 Å². The van der Waals surface area contributed by atoms with Gasteiger partial charge in [0.2, 0.25) is 0 Å². The van der Waals surface area contributed by atoms with E-state index in [9.17, 15) is 0 Å². The molecule has 2 N–H and O–H groups in total. The number of nitrogens with one attached hydrogen (secondary N) is 2. The van der Waals surface area contributed by atoms with Gasteiger partial charge in [-0.15, -0.1) is 35.0 Å². The summed E-state index contributed by atoms with van der Waals surface area (Å²) < 4.78 is 0. The van der Waals surface area contributed by atoms with E-state index in [-0.39, 0.29) is 16.8 Å². The quantitative estimate of drug-likeness (QED) is 0.141. The predicted molar refractivity (Wildman–Crippen MR) is 168 cm³/mol. The maximum absolute atomic E-state index is 4.62. The van der Waals surface area contributed by atoms with Crippen molar-refractivity contribution in [2.75, 3.05) is 0 Å². The normalized spacial score (nSPS) is 12.0. The summed E-state index contributed by atoms with van der Waals surface area (Å²) in [4.78, 5) is 16.0. The van der Waals surface area contributed by atoms with Crippen molar-refractivity contribution in [3.8, 4) is 0 Å². The van der Waals surface area contributed by atoms with Crippen molar-refractivity contribution < 1.29 is 16.8 Å². The van der Waals surface area contributed by atoms with Crippen LogP contribution in [0.15, 0.2) is 103 Å². The molecule has 0 saturated carbocycles. The summed E-state index contributed by atoms with van der Waals surface area (Å²) in [5.41, 5.74) is 7.86. The standard InChI is InChI=1S/C20H14N4.C16H9.Co/c1-2-14-10-16-5-6-18(23-16)12-20-8-7-19(24-20)11-17-4-3-15(22-17)9-13(1)21-14;1-3-11-7-9-13-5-2-6-14-10-8-12(4-1)15(11)16(13)14;/h1-12,21-22H;1-5,7-10H;/q;-1;. The van der Waals surface area contributed by atoms with Crippen LogP contribution in [0.4, 0.5) is 0 Å². The molecule has 0 saturated heterocycles. The summed E-state index contributed by atoms with van der Waals surface area (Å²) in [6.07, 6.45) is 8.05. The van der Waals surface area contributed by atoms with Gasteiger partial charge in [-0.3, -0.25) is 0 Å². The molecule has 4 aromatic carbocycles. The molecule has 8 bridgehead atoms. The Balaban J connectivity index is 0.000000141. The number of hydrogen-bond donors (Lipinski definition) is 2. The Hall–Kier alpha value is -4.97. The van der Waals surface area contributed by atoms with Gasteiger partial charge in [-0.2, -0.15) is 0 Å². The molecule has 0 atom stereocenters. The van der Waals surface area contributed by atoms with Crippen molar-refractivity contribution in [3.05, 3.63) is 132 Å². The number of aromatic amines is 2. The molecule has 2 aliphatic heterocycles. The first-order valence-corrected chi connectivity index (χ1v) is 13.3. The summed E-state index contributed by atoms with van der Waals surface area (Å²) in [7, 11) is 0. The zero-order chi connectivity index (χ0) is 26.5. The van der Waals surface area contributed by atoms with Crippen LogP contribution in [-0.2, 0) is 16.8 Å². The zero-order valence-corrected chi connectivity index (χ0v) is 22.9. The van der Waals surface area contributed by atoms with Gasteiger partial charge >= 0.3 is 0 Å². The monoisotopic (exact) mass is 570 g/mol. The van der Waals surface area contributed by atoms with Gasteiger partial charge < -0.3 is 9.97 Å². The van der Waals surface area contributed by atoms with E-state index in [0.717, 1.165) is 44.8 Å². The molecule has 5 heterocycles. The van der Waals surface area contributed by atoms with Crippen LogP contribution in [0.1, 0.15) is 22.8 Å². The van der Waals surface area contributed by atoms with Gasteiger partial charge in [0.05, 0.1) is 22.8 Å². The molecular weight excluding hydrogens is 547 g/mol. The van der Waals surface area contributed by atoms with Crippen molar-refractivity contribution in [1.29, 1.82) is 0 Å². The minimum atomic E-state index is 0. The van der Waals surface area contributed by atoms with Gasteiger partial charge in [0.15, 0.2) is 0 Å². The fourth-order valence-electron chi connectivity index (χ4n) is 5.53. The second kappa shape index (κ2) is 10.2. The second-order valence-corrected chi connectivity index (χ2v) is 10.1. The van der Waals surface area contributed by atoms with Crippen molar-refractivity contribution in [3.63, 3.8) is 0 Å². The minimum absolute atomic E-state index is 0. The number of benzene rings is 4. The van der Waals surface area contributed by atoms with E-state index < -0.39 is 0 Å². The Morgan fingerprint density at radius 2 is 0.951 bits per heavy atom. The number of fused-ring (bicyclic) bond motifs is 8. The Morgan fingerprint density at radius 3 is 1.54 bits per heavy atom. The molecule has 4 nitrogen and oxygen atoms in total. The number of aromatic nitrogens is 4. The van der Waals surface area contributed by atoms with Crippen LogP contribution in [0.25, 0.3) is 78.7 Å². The molecule has 0 fully saturated rings. The summed E-state index contributed by atoms with van der Waals surface area (Å²) in [6.45, 7) is 0. The average Bonchev–Trinajstić information content (AvgIpc) is 3.79. The van der Waals surface area contributed by atoms with Crippen LogP contribution < -0.4 is 0 Å². The molecule has 2 aliphatic rings. The van der Waals surface area contributed by atoms with Crippen molar-refractivity contribution in [1.82, 2.24) is 19.9 Å². The van der Waals surface area contributed by atoms with Crippen LogP contribution >= 0.6 is 0 Å². The Morgan fingerprint density at radius 1 is 0.463 bits per heavy atom. The predicted octanol–water partition coefficient (Wildman–Crippen LogP) is 9.04. The van der Waals surface area contributed by atoms with Crippen LogP contribution in [0.3, 0.4) is 0 Å². The van der Waals surface area contributed by atoms with Gasteiger partial charge in [-0.1, -0.05) is 41.8 Å². The fourth-order valence-corrected chi connectivity index (χ4v) is 5.53. The topological polar surface area (TPSA) is 57.4 Å². The maximum Gasteiger partial charge on any atom is 0.0659 e. The molecule has 41 heavy (non-hydrogen) atoms. The molecule has 1 radical (unpaired) electrons. The van der Waals surface area contributed by atoms with E-state index in [2.05, 4.69) is 105 Å². The van der Waals surface area contributed by atoms with Crippen molar-refractivity contribution in [2.24, 2.45) is 0 Å². The third-order valence-electron chi connectivity index (χ3n) is 7.35. The van der Waals surface area contributed by atoms with Crippen LogP contribution in [-0.4, -0.2) is 19.9 Å². The molecule has 3 aromatic heterocycles. The van der Waals surface area contributed by atoms with E-state index in [1.165, 1.54) is 32.3 Å². The minimum Gasteiger partial charge on any atom is -0.355 e. The summed E-state index contributed by atoms with van der Waals surface area (Å²) in [6, 6.07) is 39.0. The number of H-pyrrole nitrogens is 2. The maximum atomic E-state index is 4.62. The van der Waals surface area contributed by atoms with E-state index in [0.29, 0.717) is 0 Å². The van der Waals surface area contributed by atoms with E-state index >= 15 is 0 Å². The molecule has 0 aliphatic carbocycles. The van der Waals surface area contributed by atoms with Gasteiger partial charge in [-0.05, 0) is 89.0 Å². The third kappa shape index (κ3) is 4.82. The van der Waals surface area contributed by atoms with Crippen molar-refractivity contribution in [2.45, 2.75) is 0 Å². The molecule has 7 aromatic rings. The Kier molecular flexibility index (Phi) is 6.23. The van der Waals surface area contributed by atoms with Gasteiger partial charge in [-0.25, -0.2) is 9.97 Å². The zero-order valence-electron chi connectivity index (χ0n) is 21.9. The number of rotatable bonds is 0. The second-order valence-electron chi connectivity index (χ2n) is 10.1. The van der Waals surface area contributed by atoms with E-state index in [4.69, 9.17) is 0 Å². The largest absolute Gasteiger partial charge is 0.355 e. The SMILES string of the molecule is C1=Cc2cc3ccc(cc4ccc(cc5nc(cc1n2)C=C5)[nH]4)[nH]3.[Co].[c-]1ccc2ccc3cccc4ccc1c2c43. The smallest absolute Gasteiger partial charge is 0.0659 e. The molecule has 197 valence electrons. The molecule has 0 amide bonds. The first-order chi connectivity index (χ1) is 19.7. The van der Waals surface area contributed by atoms with Crippen LogP contribution in [0.2, 0.25) is 0 Å². The van der Waals surface area contributed by atoms with E-state index in [1.807, 2.05) is 48.6 Å². The van der Waals surface area contributed by atoms with Crippen LogP contribution in [0.5, 0.6) is 0 Å². The average molecular weight is 571 g/mol. The van der Waals surface area contributed by atoms with Crippen LogP contribution in [0, 0.1) is 6.07 Å². The molecular formula is C36H23CoN4-. The first-order valence-electron chi connectivity index (χ1n) is 13.3. The Bertz CT molecular complexity index is 2070. The van der Waals surface area contributed by atoms with Gasteiger partial charge in [0.25, 0.3) is 0 Å². The summed E-state index contributed by atoms with van der Waals surface area (Å²) in [5, 5.41) is 7.86. The molecule has 9 rings (SSSR count). The van der Waals surface area contributed by atoms with E-state index in [1.54, 1.807) is 0 Å². The molecule has 0 spiro atoms. The fraction of sp³-hybridized carbons (Fsp3) is 0. The van der Waals surface area contributed by atoms with Gasteiger partial charge in [0.1, 0.15) is 0 Å². The first kappa shape index (κ1) is 25.0. The number of hydrogen-bond acceptors (Lipinski definition) is 2. The van der Waals surface area contributed by atoms with Crippen molar-refractivity contribution >= 4 is 78.7 Å². The molecule has 0 unspecified atom stereocenters. The molecule has 5 heteroatoms. The Labute approximate surface area is 246 Å². The summed E-state index contributed by atoms with van der Waals surface area (Å²) in [5.74, 6) is 0.